The van der Waals surface area contributed by atoms with Gasteiger partial charge in [0, 0.05) is 11.4 Å². The zero-order valence-electron chi connectivity index (χ0n) is 9.95. The van der Waals surface area contributed by atoms with Gasteiger partial charge in [0.2, 0.25) is 0 Å². The van der Waals surface area contributed by atoms with Crippen LogP contribution in [0.2, 0.25) is 0 Å². The summed E-state index contributed by atoms with van der Waals surface area (Å²) in [7, 11) is 2.00. The van der Waals surface area contributed by atoms with Gasteiger partial charge in [-0.1, -0.05) is 19.1 Å². The molecule has 1 aliphatic heterocycles. The smallest absolute Gasteiger partial charge is 0.0598 e. The molecule has 0 spiro atoms. The van der Waals surface area contributed by atoms with Crippen LogP contribution in [-0.4, -0.2) is 32.6 Å². The summed E-state index contributed by atoms with van der Waals surface area (Å²) in [5, 5.41) is 3.26. The Hall–Kier alpha value is -0.510. The molecule has 0 unspecified atom stereocenters. The zero-order chi connectivity index (χ0) is 11.4. The van der Waals surface area contributed by atoms with Gasteiger partial charge in [-0.05, 0) is 30.5 Å². The molecule has 1 fully saturated rings. The molecule has 1 aromatic carbocycles. The van der Waals surface area contributed by atoms with Crippen molar-refractivity contribution in [1.29, 1.82) is 0 Å². The van der Waals surface area contributed by atoms with Gasteiger partial charge in [0.1, 0.15) is 0 Å². The van der Waals surface area contributed by atoms with Crippen molar-refractivity contribution in [3.63, 3.8) is 0 Å². The van der Waals surface area contributed by atoms with E-state index in [1.807, 2.05) is 18.8 Å². The first-order valence-electron chi connectivity index (χ1n) is 5.76. The lowest BCUT2D eigenvalue weighted by Gasteiger charge is -2.42. The van der Waals surface area contributed by atoms with Crippen molar-refractivity contribution in [2.45, 2.75) is 17.2 Å². The molecule has 2 nitrogen and oxygen atoms in total. The van der Waals surface area contributed by atoms with Crippen LogP contribution in [0, 0.1) is 0 Å². The van der Waals surface area contributed by atoms with Crippen molar-refractivity contribution in [3.05, 3.63) is 29.8 Å². The maximum absolute atomic E-state index is 5.38. The van der Waals surface area contributed by atoms with Crippen molar-refractivity contribution in [2.24, 2.45) is 0 Å². The number of likely N-dealkylation sites (N-methyl/N-ethyl adjacent to an activating group) is 1. The Labute approximate surface area is 102 Å². The first kappa shape index (κ1) is 12.0. The second-order valence-electron chi connectivity index (χ2n) is 4.26. The summed E-state index contributed by atoms with van der Waals surface area (Å²) < 4.78 is 5.38. The number of thioether (sulfide) groups is 1. The van der Waals surface area contributed by atoms with Gasteiger partial charge in [0.05, 0.1) is 18.6 Å². The number of ether oxygens (including phenoxy) is 1. The van der Waals surface area contributed by atoms with E-state index in [2.05, 4.69) is 36.5 Å². The van der Waals surface area contributed by atoms with E-state index in [0.29, 0.717) is 0 Å². The minimum absolute atomic E-state index is 0.212. The summed E-state index contributed by atoms with van der Waals surface area (Å²) in [6.07, 6.45) is 0. The summed E-state index contributed by atoms with van der Waals surface area (Å²) in [4.78, 5) is 1.35. The number of hydrogen-bond acceptors (Lipinski definition) is 3. The average Bonchev–Trinajstić information content (AvgIpc) is 2.25. The van der Waals surface area contributed by atoms with E-state index >= 15 is 0 Å². The van der Waals surface area contributed by atoms with Crippen molar-refractivity contribution in [1.82, 2.24) is 5.32 Å². The Bertz CT molecular complexity index is 332. The second-order valence-corrected chi connectivity index (χ2v) is 5.60. The molecule has 1 saturated heterocycles. The van der Waals surface area contributed by atoms with Crippen LogP contribution in [0.4, 0.5) is 0 Å². The number of benzene rings is 1. The SMILES string of the molecule is CCSc1ccc(C2(CNC)COC2)cc1. The molecule has 0 amide bonds. The lowest BCUT2D eigenvalue weighted by molar-refractivity contribution is -0.0582. The molecule has 3 heteroatoms. The molecule has 16 heavy (non-hydrogen) atoms. The largest absolute Gasteiger partial charge is 0.379 e. The van der Waals surface area contributed by atoms with E-state index in [0.717, 1.165) is 25.5 Å². The summed E-state index contributed by atoms with van der Waals surface area (Å²) in [5.74, 6) is 1.13. The quantitative estimate of drug-likeness (QED) is 0.794. The Balaban J connectivity index is 2.13. The molecule has 88 valence electrons. The van der Waals surface area contributed by atoms with Crippen molar-refractivity contribution < 1.29 is 4.74 Å². The van der Waals surface area contributed by atoms with Crippen molar-refractivity contribution in [2.75, 3.05) is 32.6 Å². The summed E-state index contributed by atoms with van der Waals surface area (Å²) in [6, 6.07) is 8.94. The predicted octanol–water partition coefficient (Wildman–Crippen LogP) is 2.29. The molecule has 1 heterocycles. The van der Waals surface area contributed by atoms with Crippen LogP contribution in [0.15, 0.2) is 29.2 Å². The van der Waals surface area contributed by atoms with Gasteiger partial charge in [0.25, 0.3) is 0 Å². The van der Waals surface area contributed by atoms with Crippen molar-refractivity contribution >= 4 is 11.8 Å². The summed E-state index contributed by atoms with van der Waals surface area (Å²) in [5.41, 5.74) is 1.61. The highest BCUT2D eigenvalue weighted by atomic mass is 32.2. The van der Waals surface area contributed by atoms with E-state index in [4.69, 9.17) is 4.74 Å². The molecule has 0 aliphatic carbocycles. The van der Waals surface area contributed by atoms with E-state index < -0.39 is 0 Å². The highest BCUT2D eigenvalue weighted by Crippen LogP contribution is 2.32. The standard InChI is InChI=1S/C13H19NOS/c1-3-16-12-6-4-11(5-7-12)13(8-14-2)9-15-10-13/h4-7,14H,3,8-10H2,1-2H3. The monoisotopic (exact) mass is 237 g/mol. The van der Waals surface area contributed by atoms with Gasteiger partial charge < -0.3 is 10.1 Å². The van der Waals surface area contributed by atoms with E-state index in [1.165, 1.54) is 10.5 Å². The van der Waals surface area contributed by atoms with E-state index in [9.17, 15) is 0 Å². The molecule has 1 N–H and O–H groups in total. The predicted molar refractivity (Wildman–Crippen MR) is 69.3 cm³/mol. The first-order valence-corrected chi connectivity index (χ1v) is 6.75. The van der Waals surface area contributed by atoms with E-state index in [1.54, 1.807) is 0 Å². The molecule has 0 saturated carbocycles. The minimum atomic E-state index is 0.212. The minimum Gasteiger partial charge on any atom is -0.379 e. The van der Waals surface area contributed by atoms with E-state index in [-0.39, 0.29) is 5.41 Å². The third-order valence-electron chi connectivity index (χ3n) is 3.05. The van der Waals surface area contributed by atoms with Gasteiger partial charge in [-0.3, -0.25) is 0 Å². The van der Waals surface area contributed by atoms with Gasteiger partial charge in [0.15, 0.2) is 0 Å². The molecule has 1 aromatic rings. The van der Waals surface area contributed by atoms with Crippen LogP contribution in [0.3, 0.4) is 0 Å². The van der Waals surface area contributed by atoms with Gasteiger partial charge in [-0.15, -0.1) is 11.8 Å². The van der Waals surface area contributed by atoms with Gasteiger partial charge >= 0.3 is 0 Å². The Kier molecular flexibility index (Phi) is 3.90. The van der Waals surface area contributed by atoms with Gasteiger partial charge in [-0.25, -0.2) is 0 Å². The molecule has 1 aliphatic rings. The van der Waals surface area contributed by atoms with Crippen LogP contribution in [0.1, 0.15) is 12.5 Å². The molecule has 2 rings (SSSR count). The van der Waals surface area contributed by atoms with Crippen LogP contribution in [0.5, 0.6) is 0 Å². The van der Waals surface area contributed by atoms with Crippen LogP contribution >= 0.6 is 11.8 Å². The maximum atomic E-state index is 5.38. The zero-order valence-corrected chi connectivity index (χ0v) is 10.8. The summed E-state index contributed by atoms with van der Waals surface area (Å²) in [6.45, 7) is 4.86. The molecule has 0 bridgehead atoms. The fraction of sp³-hybridized carbons (Fsp3) is 0.538. The highest BCUT2D eigenvalue weighted by Gasteiger charge is 2.39. The molecular weight excluding hydrogens is 218 g/mol. The normalized spacial score (nSPS) is 18.1. The van der Waals surface area contributed by atoms with Crippen LogP contribution in [-0.2, 0) is 10.2 Å². The highest BCUT2D eigenvalue weighted by molar-refractivity contribution is 7.99. The Morgan fingerprint density at radius 1 is 1.31 bits per heavy atom. The molecule has 0 aromatic heterocycles. The van der Waals surface area contributed by atoms with Crippen LogP contribution in [0.25, 0.3) is 0 Å². The Morgan fingerprint density at radius 2 is 2.00 bits per heavy atom. The lowest BCUT2D eigenvalue weighted by atomic mass is 9.78. The number of nitrogens with one attached hydrogen (secondary N) is 1. The topological polar surface area (TPSA) is 21.3 Å². The lowest BCUT2D eigenvalue weighted by Crippen LogP contribution is -2.52. The maximum Gasteiger partial charge on any atom is 0.0598 e. The third kappa shape index (κ3) is 2.26. The summed E-state index contributed by atoms with van der Waals surface area (Å²) >= 11 is 1.89. The molecule has 0 atom stereocenters. The molecular formula is C13H19NOS. The third-order valence-corrected chi connectivity index (χ3v) is 3.94. The fourth-order valence-electron chi connectivity index (χ4n) is 2.13. The fourth-order valence-corrected chi connectivity index (χ4v) is 2.79. The van der Waals surface area contributed by atoms with Crippen molar-refractivity contribution in [3.8, 4) is 0 Å². The Morgan fingerprint density at radius 3 is 2.44 bits per heavy atom. The van der Waals surface area contributed by atoms with Gasteiger partial charge in [-0.2, -0.15) is 0 Å². The molecule has 0 radical (unpaired) electrons. The van der Waals surface area contributed by atoms with Crippen LogP contribution < -0.4 is 5.32 Å². The number of rotatable bonds is 5. The number of hydrogen-bond donors (Lipinski definition) is 1. The second kappa shape index (κ2) is 5.21. The average molecular weight is 237 g/mol. The first-order chi connectivity index (χ1) is 7.80.